The van der Waals surface area contributed by atoms with E-state index in [4.69, 9.17) is 0 Å². The number of carbonyl (C=O) groups excluding carboxylic acids is 1. The maximum atomic E-state index is 10.9. The maximum Gasteiger partial charge on any atom is 0.221 e. The number of carbonyl (C=O) groups is 1. The number of rotatable bonds is 5. The van der Waals surface area contributed by atoms with E-state index in [1.165, 1.54) is 5.56 Å². The SMILES string of the molecule is CNC(=O)CCNCc1ccc(Br)cc1. The summed E-state index contributed by atoms with van der Waals surface area (Å²) in [6.45, 7) is 1.50. The first kappa shape index (κ1) is 12.2. The topological polar surface area (TPSA) is 41.1 Å². The van der Waals surface area contributed by atoms with Crippen molar-refractivity contribution in [2.75, 3.05) is 13.6 Å². The van der Waals surface area contributed by atoms with Gasteiger partial charge in [0.25, 0.3) is 0 Å². The van der Waals surface area contributed by atoms with Crippen LogP contribution < -0.4 is 10.6 Å². The highest BCUT2D eigenvalue weighted by molar-refractivity contribution is 9.10. The Bertz CT molecular complexity index is 311. The summed E-state index contributed by atoms with van der Waals surface area (Å²) >= 11 is 3.38. The number of halogens is 1. The van der Waals surface area contributed by atoms with Gasteiger partial charge in [-0.3, -0.25) is 4.79 Å². The number of hydrogen-bond donors (Lipinski definition) is 2. The van der Waals surface area contributed by atoms with Gasteiger partial charge in [-0.15, -0.1) is 0 Å². The van der Waals surface area contributed by atoms with E-state index in [1.807, 2.05) is 12.1 Å². The molecule has 0 aliphatic rings. The number of amides is 1. The van der Waals surface area contributed by atoms with Crippen LogP contribution in [0, 0.1) is 0 Å². The molecule has 1 rings (SSSR count). The Morgan fingerprint density at radius 1 is 1.33 bits per heavy atom. The van der Waals surface area contributed by atoms with Crippen molar-refractivity contribution in [2.45, 2.75) is 13.0 Å². The molecule has 0 saturated heterocycles. The van der Waals surface area contributed by atoms with E-state index in [2.05, 4.69) is 38.7 Å². The molecule has 0 unspecified atom stereocenters. The zero-order valence-electron chi connectivity index (χ0n) is 8.72. The van der Waals surface area contributed by atoms with Crippen molar-refractivity contribution in [1.29, 1.82) is 0 Å². The summed E-state index contributed by atoms with van der Waals surface area (Å²) in [7, 11) is 1.65. The minimum Gasteiger partial charge on any atom is -0.359 e. The summed E-state index contributed by atoms with van der Waals surface area (Å²) in [5.41, 5.74) is 1.22. The molecule has 82 valence electrons. The van der Waals surface area contributed by atoms with E-state index in [-0.39, 0.29) is 5.91 Å². The molecule has 0 spiro atoms. The average Bonchev–Trinajstić information content (AvgIpc) is 2.26. The molecule has 0 aliphatic carbocycles. The van der Waals surface area contributed by atoms with Crippen LogP contribution in [0.2, 0.25) is 0 Å². The van der Waals surface area contributed by atoms with Crippen LogP contribution in [0.3, 0.4) is 0 Å². The van der Waals surface area contributed by atoms with Crippen LogP contribution in [0.5, 0.6) is 0 Å². The van der Waals surface area contributed by atoms with E-state index in [1.54, 1.807) is 7.05 Å². The molecule has 0 saturated carbocycles. The molecule has 0 heterocycles. The molecule has 0 atom stereocenters. The highest BCUT2D eigenvalue weighted by Crippen LogP contribution is 2.09. The molecule has 3 nitrogen and oxygen atoms in total. The van der Waals surface area contributed by atoms with E-state index in [0.717, 1.165) is 11.0 Å². The van der Waals surface area contributed by atoms with Crippen molar-refractivity contribution in [3.05, 3.63) is 34.3 Å². The Labute approximate surface area is 98.4 Å². The maximum absolute atomic E-state index is 10.9. The molecule has 4 heteroatoms. The van der Waals surface area contributed by atoms with Gasteiger partial charge in [0.15, 0.2) is 0 Å². The Kier molecular flexibility index (Phi) is 5.36. The largest absolute Gasteiger partial charge is 0.359 e. The van der Waals surface area contributed by atoms with Crippen LogP contribution in [0.4, 0.5) is 0 Å². The highest BCUT2D eigenvalue weighted by atomic mass is 79.9. The molecule has 1 aromatic rings. The molecule has 0 aliphatic heterocycles. The van der Waals surface area contributed by atoms with Crippen molar-refractivity contribution in [1.82, 2.24) is 10.6 Å². The molecule has 0 bridgehead atoms. The van der Waals surface area contributed by atoms with Crippen molar-refractivity contribution in [3.63, 3.8) is 0 Å². The lowest BCUT2D eigenvalue weighted by Gasteiger charge is -2.04. The molecule has 2 N–H and O–H groups in total. The Balaban J connectivity index is 2.20. The fourth-order valence-electron chi connectivity index (χ4n) is 1.16. The van der Waals surface area contributed by atoms with Crippen molar-refractivity contribution < 1.29 is 4.79 Å². The lowest BCUT2D eigenvalue weighted by molar-refractivity contribution is -0.120. The molecule has 15 heavy (non-hydrogen) atoms. The van der Waals surface area contributed by atoms with Crippen LogP contribution in [0.15, 0.2) is 28.7 Å². The van der Waals surface area contributed by atoms with Crippen molar-refractivity contribution in [2.24, 2.45) is 0 Å². The van der Waals surface area contributed by atoms with Gasteiger partial charge in [-0.05, 0) is 17.7 Å². The first-order chi connectivity index (χ1) is 7.22. The van der Waals surface area contributed by atoms with Crippen LogP contribution in [-0.2, 0) is 11.3 Å². The second-order valence-electron chi connectivity index (χ2n) is 3.23. The smallest absolute Gasteiger partial charge is 0.221 e. The third-order valence-corrected chi connectivity index (χ3v) is 2.58. The predicted molar refractivity (Wildman–Crippen MR) is 64.5 cm³/mol. The Morgan fingerprint density at radius 2 is 2.00 bits per heavy atom. The number of benzene rings is 1. The van der Waals surface area contributed by atoms with E-state index < -0.39 is 0 Å². The summed E-state index contributed by atoms with van der Waals surface area (Å²) < 4.78 is 1.08. The third-order valence-electron chi connectivity index (χ3n) is 2.05. The normalized spacial score (nSPS) is 10.0. The lowest BCUT2D eigenvalue weighted by atomic mass is 10.2. The van der Waals surface area contributed by atoms with Gasteiger partial charge in [-0.2, -0.15) is 0 Å². The number of nitrogens with one attached hydrogen (secondary N) is 2. The zero-order valence-corrected chi connectivity index (χ0v) is 10.3. The van der Waals surface area contributed by atoms with E-state index >= 15 is 0 Å². The van der Waals surface area contributed by atoms with Crippen LogP contribution in [-0.4, -0.2) is 19.5 Å². The van der Waals surface area contributed by atoms with Crippen LogP contribution in [0.25, 0.3) is 0 Å². The van der Waals surface area contributed by atoms with Crippen molar-refractivity contribution >= 4 is 21.8 Å². The molecule has 1 aromatic carbocycles. The van der Waals surface area contributed by atoms with Gasteiger partial charge in [0, 0.05) is 31.0 Å². The van der Waals surface area contributed by atoms with Gasteiger partial charge >= 0.3 is 0 Å². The molecule has 1 amide bonds. The average molecular weight is 271 g/mol. The second kappa shape index (κ2) is 6.58. The molecule has 0 aromatic heterocycles. The van der Waals surface area contributed by atoms with Gasteiger partial charge in [0.1, 0.15) is 0 Å². The first-order valence-corrected chi connectivity index (χ1v) is 5.67. The lowest BCUT2D eigenvalue weighted by Crippen LogP contribution is -2.24. The fourth-order valence-corrected chi connectivity index (χ4v) is 1.43. The monoisotopic (exact) mass is 270 g/mol. The molecular weight excluding hydrogens is 256 g/mol. The summed E-state index contributed by atoms with van der Waals surface area (Å²) in [6, 6.07) is 8.12. The fraction of sp³-hybridized carbons (Fsp3) is 0.364. The van der Waals surface area contributed by atoms with Gasteiger partial charge < -0.3 is 10.6 Å². The molecule has 0 fully saturated rings. The van der Waals surface area contributed by atoms with Gasteiger partial charge in [0.2, 0.25) is 5.91 Å². The zero-order chi connectivity index (χ0) is 11.1. The standard InChI is InChI=1S/C11H15BrN2O/c1-13-11(15)6-7-14-8-9-2-4-10(12)5-3-9/h2-5,14H,6-8H2,1H3,(H,13,15). The molecular formula is C11H15BrN2O. The third kappa shape index (κ3) is 4.95. The van der Waals surface area contributed by atoms with Crippen LogP contribution in [0.1, 0.15) is 12.0 Å². The van der Waals surface area contributed by atoms with E-state index in [9.17, 15) is 4.79 Å². The van der Waals surface area contributed by atoms with Crippen LogP contribution >= 0.6 is 15.9 Å². The Hall–Kier alpha value is -0.870. The highest BCUT2D eigenvalue weighted by Gasteiger charge is 1.97. The summed E-state index contributed by atoms with van der Waals surface area (Å²) in [5.74, 6) is 0.0679. The predicted octanol–water partition coefficient (Wildman–Crippen LogP) is 1.67. The van der Waals surface area contributed by atoms with Crippen molar-refractivity contribution in [3.8, 4) is 0 Å². The van der Waals surface area contributed by atoms with E-state index in [0.29, 0.717) is 13.0 Å². The summed E-state index contributed by atoms with van der Waals surface area (Å²) in [5, 5.41) is 5.80. The van der Waals surface area contributed by atoms with Gasteiger partial charge in [-0.25, -0.2) is 0 Å². The molecule has 0 radical (unpaired) electrons. The minimum atomic E-state index is 0.0679. The summed E-state index contributed by atoms with van der Waals surface area (Å²) in [4.78, 5) is 10.9. The quantitative estimate of drug-likeness (QED) is 0.800. The summed E-state index contributed by atoms with van der Waals surface area (Å²) in [6.07, 6.45) is 0.521. The Morgan fingerprint density at radius 3 is 2.60 bits per heavy atom. The van der Waals surface area contributed by atoms with Gasteiger partial charge in [-0.1, -0.05) is 28.1 Å². The first-order valence-electron chi connectivity index (χ1n) is 4.88. The second-order valence-corrected chi connectivity index (χ2v) is 4.14. The van der Waals surface area contributed by atoms with Gasteiger partial charge in [0.05, 0.1) is 0 Å². The number of hydrogen-bond acceptors (Lipinski definition) is 2. The minimum absolute atomic E-state index is 0.0679.